The summed E-state index contributed by atoms with van der Waals surface area (Å²) in [5.41, 5.74) is 1.11. The Bertz CT molecular complexity index is 413. The molecular weight excluding hydrogens is 274 g/mol. The van der Waals surface area contributed by atoms with Crippen molar-refractivity contribution in [3.05, 3.63) is 11.1 Å². The number of methoxy groups -OCH3 is 1. The standard InChI is InChI=1S/C14H25N3O2S/c1-15-13-16-12(9-20-13)8-17-6-3-4-14(10-17,11-18)5-7-19-2/h9,18H,3-8,10-11H2,1-2H3,(H,15,16). The van der Waals surface area contributed by atoms with Gasteiger partial charge in [0, 0.05) is 44.6 Å². The number of nitrogens with zero attached hydrogens (tertiary/aromatic N) is 2. The molecule has 0 bridgehead atoms. The third-order valence-corrected chi connectivity index (χ3v) is 4.97. The molecule has 2 rings (SSSR count). The largest absolute Gasteiger partial charge is 0.396 e. The predicted octanol–water partition coefficient (Wildman–Crippen LogP) is 1.80. The van der Waals surface area contributed by atoms with E-state index in [-0.39, 0.29) is 12.0 Å². The lowest BCUT2D eigenvalue weighted by Crippen LogP contribution is -2.45. The van der Waals surface area contributed by atoms with Crippen LogP contribution < -0.4 is 5.32 Å². The fraction of sp³-hybridized carbons (Fsp3) is 0.786. The van der Waals surface area contributed by atoms with Gasteiger partial charge in [0.25, 0.3) is 0 Å². The number of nitrogens with one attached hydrogen (secondary N) is 1. The lowest BCUT2D eigenvalue weighted by molar-refractivity contribution is 0.00444. The highest BCUT2D eigenvalue weighted by Crippen LogP contribution is 2.33. The number of likely N-dealkylation sites (tertiary alicyclic amines) is 1. The van der Waals surface area contributed by atoms with Crippen molar-refractivity contribution in [1.82, 2.24) is 9.88 Å². The normalized spacial score (nSPS) is 23.9. The molecule has 1 unspecified atom stereocenters. The van der Waals surface area contributed by atoms with Crippen molar-refractivity contribution in [1.29, 1.82) is 0 Å². The second-order valence-electron chi connectivity index (χ2n) is 5.61. The van der Waals surface area contributed by atoms with Gasteiger partial charge in [0.05, 0.1) is 12.3 Å². The molecule has 1 saturated heterocycles. The average Bonchev–Trinajstić information content (AvgIpc) is 2.93. The van der Waals surface area contributed by atoms with Crippen molar-refractivity contribution < 1.29 is 9.84 Å². The number of hydrogen-bond acceptors (Lipinski definition) is 6. The highest BCUT2D eigenvalue weighted by atomic mass is 32.1. The second-order valence-corrected chi connectivity index (χ2v) is 6.47. The fourth-order valence-corrected chi connectivity index (χ4v) is 3.56. The number of piperidine rings is 1. The summed E-state index contributed by atoms with van der Waals surface area (Å²) < 4.78 is 5.19. The van der Waals surface area contributed by atoms with Crippen molar-refractivity contribution >= 4 is 16.5 Å². The number of aliphatic hydroxyl groups is 1. The molecule has 1 aliphatic rings. The summed E-state index contributed by atoms with van der Waals surface area (Å²) >= 11 is 1.64. The predicted molar refractivity (Wildman–Crippen MR) is 82.2 cm³/mol. The zero-order valence-corrected chi connectivity index (χ0v) is 13.2. The molecule has 2 heterocycles. The first-order valence-corrected chi connectivity index (χ1v) is 8.03. The third-order valence-electron chi connectivity index (χ3n) is 4.06. The first-order chi connectivity index (χ1) is 9.71. The van der Waals surface area contributed by atoms with Gasteiger partial charge in [-0.25, -0.2) is 4.98 Å². The number of thiazole rings is 1. The number of ether oxygens (including phenoxy) is 1. The van der Waals surface area contributed by atoms with E-state index < -0.39 is 0 Å². The molecule has 20 heavy (non-hydrogen) atoms. The quantitative estimate of drug-likeness (QED) is 0.804. The first kappa shape index (κ1) is 15.7. The molecule has 1 aromatic heterocycles. The van der Waals surface area contributed by atoms with Crippen LogP contribution in [0, 0.1) is 5.41 Å². The zero-order valence-electron chi connectivity index (χ0n) is 12.4. The van der Waals surface area contributed by atoms with Crippen molar-refractivity contribution in [2.45, 2.75) is 25.8 Å². The maximum atomic E-state index is 9.79. The van der Waals surface area contributed by atoms with Gasteiger partial charge in [0.1, 0.15) is 0 Å². The molecule has 114 valence electrons. The summed E-state index contributed by atoms with van der Waals surface area (Å²) in [6, 6.07) is 0. The third kappa shape index (κ3) is 3.91. The minimum absolute atomic E-state index is 0.00385. The van der Waals surface area contributed by atoms with Gasteiger partial charge < -0.3 is 15.2 Å². The molecule has 1 fully saturated rings. The molecule has 0 radical (unpaired) electrons. The van der Waals surface area contributed by atoms with E-state index in [1.54, 1.807) is 18.4 Å². The monoisotopic (exact) mass is 299 g/mol. The van der Waals surface area contributed by atoms with E-state index in [0.29, 0.717) is 0 Å². The number of aromatic nitrogens is 1. The molecule has 0 aliphatic carbocycles. The van der Waals surface area contributed by atoms with E-state index >= 15 is 0 Å². The smallest absolute Gasteiger partial charge is 0.182 e. The van der Waals surface area contributed by atoms with E-state index in [1.165, 1.54) is 0 Å². The Morgan fingerprint density at radius 1 is 1.60 bits per heavy atom. The molecule has 2 N–H and O–H groups in total. The van der Waals surface area contributed by atoms with E-state index in [2.05, 4.69) is 20.6 Å². The van der Waals surface area contributed by atoms with Crippen LogP contribution in [-0.4, -0.2) is 55.5 Å². The fourth-order valence-electron chi connectivity index (χ4n) is 2.90. The van der Waals surface area contributed by atoms with Crippen LogP contribution in [0.4, 0.5) is 5.13 Å². The molecule has 5 nitrogen and oxygen atoms in total. The van der Waals surface area contributed by atoms with Crippen LogP contribution in [0.2, 0.25) is 0 Å². The Kier molecular flexibility index (Phi) is 5.77. The molecule has 0 spiro atoms. The van der Waals surface area contributed by atoms with Gasteiger partial charge in [-0.2, -0.15) is 0 Å². The van der Waals surface area contributed by atoms with Crippen molar-refractivity contribution in [2.75, 3.05) is 45.8 Å². The van der Waals surface area contributed by atoms with Crippen LogP contribution in [0.3, 0.4) is 0 Å². The SMILES string of the molecule is CNc1nc(CN2CCCC(CO)(CCOC)C2)cs1. The summed E-state index contributed by atoms with van der Waals surface area (Å²) in [5.74, 6) is 0. The van der Waals surface area contributed by atoms with Crippen LogP contribution in [0.1, 0.15) is 25.0 Å². The van der Waals surface area contributed by atoms with Crippen molar-refractivity contribution in [2.24, 2.45) is 5.41 Å². The van der Waals surface area contributed by atoms with Gasteiger partial charge in [-0.3, -0.25) is 4.90 Å². The summed E-state index contributed by atoms with van der Waals surface area (Å²) in [4.78, 5) is 6.94. The van der Waals surface area contributed by atoms with E-state index in [0.717, 1.165) is 56.3 Å². The molecule has 6 heteroatoms. The molecule has 0 aromatic carbocycles. The van der Waals surface area contributed by atoms with Crippen LogP contribution in [0.15, 0.2) is 5.38 Å². The molecule has 1 aromatic rings. The van der Waals surface area contributed by atoms with Crippen LogP contribution in [0.5, 0.6) is 0 Å². The maximum absolute atomic E-state index is 9.79. The Labute approximate surface area is 125 Å². The lowest BCUT2D eigenvalue weighted by atomic mass is 9.78. The number of rotatable bonds is 7. The topological polar surface area (TPSA) is 57.6 Å². The van der Waals surface area contributed by atoms with Crippen LogP contribution in [0.25, 0.3) is 0 Å². The Morgan fingerprint density at radius 3 is 3.10 bits per heavy atom. The first-order valence-electron chi connectivity index (χ1n) is 7.16. The number of anilines is 1. The summed E-state index contributed by atoms with van der Waals surface area (Å²) in [6.07, 6.45) is 3.14. The maximum Gasteiger partial charge on any atom is 0.182 e. The van der Waals surface area contributed by atoms with Gasteiger partial charge in [0.2, 0.25) is 0 Å². The second kappa shape index (κ2) is 7.36. The lowest BCUT2D eigenvalue weighted by Gasteiger charge is -2.41. The number of hydrogen-bond donors (Lipinski definition) is 2. The summed E-state index contributed by atoms with van der Waals surface area (Å²) in [7, 11) is 3.62. The molecule has 1 atom stereocenters. The molecular formula is C14H25N3O2S. The Morgan fingerprint density at radius 2 is 2.45 bits per heavy atom. The Balaban J connectivity index is 1.94. The van der Waals surface area contributed by atoms with Gasteiger partial charge in [-0.05, 0) is 25.8 Å². The van der Waals surface area contributed by atoms with Gasteiger partial charge >= 0.3 is 0 Å². The van der Waals surface area contributed by atoms with Gasteiger partial charge in [-0.15, -0.1) is 11.3 Å². The van der Waals surface area contributed by atoms with Crippen molar-refractivity contribution in [3.8, 4) is 0 Å². The summed E-state index contributed by atoms with van der Waals surface area (Å²) in [6.45, 7) is 3.84. The minimum atomic E-state index is -0.00385. The van der Waals surface area contributed by atoms with E-state index in [4.69, 9.17) is 4.74 Å². The minimum Gasteiger partial charge on any atom is -0.396 e. The highest BCUT2D eigenvalue weighted by Gasteiger charge is 2.34. The van der Waals surface area contributed by atoms with Crippen LogP contribution >= 0.6 is 11.3 Å². The van der Waals surface area contributed by atoms with Crippen LogP contribution in [-0.2, 0) is 11.3 Å². The average molecular weight is 299 g/mol. The molecule has 0 saturated carbocycles. The van der Waals surface area contributed by atoms with E-state index in [1.807, 2.05) is 7.05 Å². The van der Waals surface area contributed by atoms with E-state index in [9.17, 15) is 5.11 Å². The zero-order chi connectivity index (χ0) is 14.4. The molecule has 1 aliphatic heterocycles. The van der Waals surface area contributed by atoms with Crippen molar-refractivity contribution in [3.63, 3.8) is 0 Å². The van der Waals surface area contributed by atoms with Gasteiger partial charge in [0.15, 0.2) is 5.13 Å². The highest BCUT2D eigenvalue weighted by molar-refractivity contribution is 7.13. The molecule has 0 amide bonds. The Hall–Kier alpha value is -0.690. The van der Waals surface area contributed by atoms with Gasteiger partial charge in [-0.1, -0.05) is 0 Å². The summed E-state index contributed by atoms with van der Waals surface area (Å²) in [5, 5.41) is 15.9. The number of aliphatic hydroxyl groups excluding tert-OH is 1.